The Morgan fingerprint density at radius 2 is 1.67 bits per heavy atom. The van der Waals surface area contributed by atoms with Gasteiger partial charge in [0.1, 0.15) is 18.1 Å². The summed E-state index contributed by atoms with van der Waals surface area (Å²) in [6, 6.07) is 9.80. The van der Waals surface area contributed by atoms with E-state index in [2.05, 4.69) is 4.98 Å². The Balaban J connectivity index is 1.40. The van der Waals surface area contributed by atoms with Crippen molar-refractivity contribution in [3.8, 4) is 5.75 Å². The third-order valence-corrected chi connectivity index (χ3v) is 7.12. The lowest BCUT2D eigenvalue weighted by atomic mass is 9.75. The fraction of sp³-hybridized carbons (Fsp3) is 0.577. The van der Waals surface area contributed by atoms with Crippen molar-refractivity contribution in [2.24, 2.45) is 5.41 Å². The third kappa shape index (κ3) is 5.95. The van der Waals surface area contributed by atoms with Crippen LogP contribution >= 0.6 is 0 Å². The largest absolute Gasteiger partial charge is 0.493 e. The Morgan fingerprint density at radius 3 is 2.36 bits per heavy atom. The quantitative estimate of drug-likeness (QED) is 0.615. The SMILES string of the molecule is CCc1nccn1CC(=O)N1CCC(COc2ccccc2)(CC(=O)N2CCCCC2)CC1. The predicted molar refractivity (Wildman–Crippen MR) is 127 cm³/mol. The van der Waals surface area contributed by atoms with Crippen molar-refractivity contribution in [3.63, 3.8) is 0 Å². The standard InChI is InChI=1S/C26H36N4O3/c1-2-23-27-13-18-30(23)20-25(32)29-16-11-26(12-17-29,21-33-22-9-5-3-6-10-22)19-24(31)28-14-7-4-8-15-28/h3,5-6,9-10,13,18H,2,4,7-8,11-12,14-17,19-21H2,1H3. The van der Waals surface area contributed by atoms with E-state index >= 15 is 0 Å². The maximum atomic E-state index is 13.2. The molecule has 1 aromatic heterocycles. The first-order valence-corrected chi connectivity index (χ1v) is 12.3. The number of para-hydroxylation sites is 1. The molecule has 0 N–H and O–H groups in total. The first-order valence-electron chi connectivity index (χ1n) is 12.3. The lowest BCUT2D eigenvalue weighted by Crippen LogP contribution is -2.49. The van der Waals surface area contributed by atoms with E-state index in [9.17, 15) is 9.59 Å². The number of nitrogens with zero attached hydrogens (tertiary/aromatic N) is 4. The van der Waals surface area contributed by atoms with Gasteiger partial charge in [0.2, 0.25) is 11.8 Å². The lowest BCUT2D eigenvalue weighted by Gasteiger charge is -2.42. The number of carbonyl (C=O) groups excluding carboxylic acids is 2. The molecule has 2 saturated heterocycles. The second-order valence-corrected chi connectivity index (χ2v) is 9.43. The van der Waals surface area contributed by atoms with Gasteiger partial charge in [-0.25, -0.2) is 4.98 Å². The lowest BCUT2D eigenvalue weighted by molar-refractivity contribution is -0.138. The van der Waals surface area contributed by atoms with Gasteiger partial charge >= 0.3 is 0 Å². The number of rotatable bonds is 8. The van der Waals surface area contributed by atoms with Crippen molar-refractivity contribution in [2.45, 2.75) is 58.4 Å². The number of hydrogen-bond acceptors (Lipinski definition) is 4. The zero-order valence-corrected chi connectivity index (χ0v) is 19.7. The van der Waals surface area contributed by atoms with Gasteiger partial charge in [-0.05, 0) is 44.2 Å². The van der Waals surface area contributed by atoms with Crippen molar-refractivity contribution in [1.82, 2.24) is 19.4 Å². The molecule has 33 heavy (non-hydrogen) atoms. The minimum atomic E-state index is -0.245. The van der Waals surface area contributed by atoms with Crippen LogP contribution in [-0.4, -0.2) is 64.0 Å². The molecule has 3 heterocycles. The fourth-order valence-electron chi connectivity index (χ4n) is 4.98. The van der Waals surface area contributed by atoms with Gasteiger partial charge in [0, 0.05) is 56.8 Å². The van der Waals surface area contributed by atoms with E-state index < -0.39 is 0 Å². The van der Waals surface area contributed by atoms with Crippen LogP contribution in [0.4, 0.5) is 0 Å². The Labute approximate surface area is 196 Å². The highest BCUT2D eigenvalue weighted by Crippen LogP contribution is 2.37. The first-order chi connectivity index (χ1) is 16.1. The topological polar surface area (TPSA) is 67.7 Å². The number of imidazole rings is 1. The summed E-state index contributed by atoms with van der Waals surface area (Å²) in [5.74, 6) is 2.10. The molecule has 1 aromatic carbocycles. The van der Waals surface area contributed by atoms with Crippen LogP contribution in [0.1, 0.15) is 51.3 Å². The van der Waals surface area contributed by atoms with Gasteiger partial charge in [0.25, 0.3) is 0 Å². The van der Waals surface area contributed by atoms with E-state index in [1.54, 1.807) is 6.20 Å². The molecule has 178 valence electrons. The van der Waals surface area contributed by atoms with E-state index in [4.69, 9.17) is 4.74 Å². The van der Waals surface area contributed by atoms with Gasteiger partial charge in [-0.15, -0.1) is 0 Å². The summed E-state index contributed by atoms with van der Waals surface area (Å²) in [6.45, 7) is 5.91. The highest BCUT2D eigenvalue weighted by atomic mass is 16.5. The Morgan fingerprint density at radius 1 is 0.970 bits per heavy atom. The summed E-state index contributed by atoms with van der Waals surface area (Å²) in [5.41, 5.74) is -0.245. The van der Waals surface area contributed by atoms with Gasteiger partial charge in [-0.1, -0.05) is 25.1 Å². The summed E-state index contributed by atoms with van der Waals surface area (Å²) in [6.07, 6.45) is 9.86. The summed E-state index contributed by atoms with van der Waals surface area (Å²) < 4.78 is 8.09. The number of ether oxygens (including phenoxy) is 1. The first kappa shape index (κ1) is 23.3. The normalized spacial score (nSPS) is 18.2. The maximum Gasteiger partial charge on any atom is 0.242 e. The number of carbonyl (C=O) groups is 2. The Hall–Kier alpha value is -2.83. The average Bonchev–Trinajstić information content (AvgIpc) is 3.31. The molecule has 0 atom stereocenters. The van der Waals surface area contributed by atoms with Crippen LogP contribution in [0.25, 0.3) is 0 Å². The van der Waals surface area contributed by atoms with E-state index in [-0.39, 0.29) is 17.2 Å². The fourth-order valence-corrected chi connectivity index (χ4v) is 4.98. The molecule has 0 saturated carbocycles. The zero-order valence-electron chi connectivity index (χ0n) is 19.7. The van der Waals surface area contributed by atoms with Crippen LogP contribution < -0.4 is 4.74 Å². The summed E-state index contributed by atoms with van der Waals surface area (Å²) >= 11 is 0. The second-order valence-electron chi connectivity index (χ2n) is 9.43. The van der Waals surface area contributed by atoms with Gasteiger partial charge < -0.3 is 19.1 Å². The molecule has 2 aliphatic rings. The molecular weight excluding hydrogens is 416 g/mol. The molecule has 0 radical (unpaired) electrons. The van der Waals surface area contributed by atoms with Crippen LogP contribution in [0.2, 0.25) is 0 Å². The maximum absolute atomic E-state index is 13.2. The molecule has 0 spiro atoms. The number of benzene rings is 1. The molecule has 2 fully saturated rings. The van der Waals surface area contributed by atoms with Crippen LogP contribution in [0.5, 0.6) is 5.75 Å². The van der Waals surface area contributed by atoms with Crippen LogP contribution in [0.3, 0.4) is 0 Å². The number of aryl methyl sites for hydroxylation is 1. The molecule has 7 nitrogen and oxygen atoms in total. The van der Waals surface area contributed by atoms with Crippen molar-refractivity contribution in [1.29, 1.82) is 0 Å². The molecule has 0 bridgehead atoms. The number of piperidine rings is 2. The third-order valence-electron chi connectivity index (χ3n) is 7.12. The van der Waals surface area contributed by atoms with Crippen molar-refractivity contribution in [2.75, 3.05) is 32.8 Å². The molecule has 7 heteroatoms. The van der Waals surface area contributed by atoms with Gasteiger partial charge in [0.05, 0.1) is 6.61 Å². The minimum Gasteiger partial charge on any atom is -0.493 e. The number of amides is 2. The van der Waals surface area contributed by atoms with Gasteiger partial charge in [-0.2, -0.15) is 0 Å². The molecule has 0 aliphatic carbocycles. The predicted octanol–water partition coefficient (Wildman–Crippen LogP) is 3.54. The monoisotopic (exact) mass is 452 g/mol. The van der Waals surface area contributed by atoms with Crippen LogP contribution in [-0.2, 0) is 22.6 Å². The number of hydrogen-bond donors (Lipinski definition) is 0. The van der Waals surface area contributed by atoms with Crippen LogP contribution in [0.15, 0.2) is 42.7 Å². The zero-order chi connectivity index (χ0) is 23.1. The highest BCUT2D eigenvalue weighted by Gasteiger charge is 2.39. The van der Waals surface area contributed by atoms with Crippen LogP contribution in [0, 0.1) is 5.41 Å². The van der Waals surface area contributed by atoms with Crippen molar-refractivity contribution in [3.05, 3.63) is 48.5 Å². The van der Waals surface area contributed by atoms with E-state index in [0.717, 1.165) is 56.8 Å². The summed E-state index contributed by atoms with van der Waals surface area (Å²) in [5, 5.41) is 0. The van der Waals surface area contributed by atoms with E-state index in [1.807, 2.05) is 57.8 Å². The molecule has 0 unspecified atom stereocenters. The highest BCUT2D eigenvalue weighted by molar-refractivity contribution is 5.78. The van der Waals surface area contributed by atoms with Crippen molar-refractivity contribution >= 4 is 11.8 Å². The summed E-state index contributed by atoms with van der Waals surface area (Å²) in [4.78, 5) is 34.4. The van der Waals surface area contributed by atoms with Gasteiger partial charge in [0.15, 0.2) is 0 Å². The average molecular weight is 453 g/mol. The van der Waals surface area contributed by atoms with E-state index in [1.165, 1.54) is 6.42 Å². The van der Waals surface area contributed by atoms with E-state index in [0.29, 0.717) is 32.7 Å². The van der Waals surface area contributed by atoms with Crippen molar-refractivity contribution < 1.29 is 14.3 Å². The number of aromatic nitrogens is 2. The molecule has 2 amide bonds. The number of likely N-dealkylation sites (tertiary alicyclic amines) is 2. The Bertz CT molecular complexity index is 913. The Kier molecular flexibility index (Phi) is 7.68. The molecule has 4 rings (SSSR count). The second kappa shape index (κ2) is 10.9. The molecule has 2 aromatic rings. The smallest absolute Gasteiger partial charge is 0.242 e. The molecule has 2 aliphatic heterocycles. The minimum absolute atomic E-state index is 0.114. The van der Waals surface area contributed by atoms with Gasteiger partial charge in [-0.3, -0.25) is 9.59 Å². The summed E-state index contributed by atoms with van der Waals surface area (Å²) in [7, 11) is 0. The molecular formula is C26H36N4O3.